The van der Waals surface area contributed by atoms with Crippen LogP contribution in [0.1, 0.15) is 84.6 Å². The van der Waals surface area contributed by atoms with E-state index in [2.05, 4.69) is 20.7 Å². The first-order valence-electron chi connectivity index (χ1n) is 15.1. The van der Waals surface area contributed by atoms with E-state index >= 15 is 0 Å². The normalized spacial score (nSPS) is 19.0. The average Bonchev–Trinajstić information content (AvgIpc) is 3.45. The molecule has 3 N–H and O–H groups in total. The van der Waals surface area contributed by atoms with Gasteiger partial charge in [0.2, 0.25) is 11.7 Å². The lowest BCUT2D eigenvalue weighted by Crippen LogP contribution is -2.47. The van der Waals surface area contributed by atoms with Gasteiger partial charge in [-0.3, -0.25) is 9.59 Å². The molecular weight excluding hydrogens is 550 g/mol. The summed E-state index contributed by atoms with van der Waals surface area (Å²) in [6.45, 7) is 0.632. The number of aromatic carboxylic acids is 1. The molecule has 1 aromatic heterocycles. The Balaban J connectivity index is 1.24. The number of amides is 2. The summed E-state index contributed by atoms with van der Waals surface area (Å²) in [5.41, 5.74) is 1.48. The highest BCUT2D eigenvalue weighted by molar-refractivity contribution is 6.03. The van der Waals surface area contributed by atoms with Gasteiger partial charge in [-0.05, 0) is 49.3 Å². The standard InChI is InChI=1S/C32H39N5O6/c38-28(33-24-15-7-9-17-26(24)42-20-22-11-3-1-4-12-22)19-37-30(35-29(36-37)32(40)41)31(39)34-25-16-8-10-18-27(25)43-21-23-13-5-2-6-14-23/h1,3-4,8,10-12,16,18,23-24,26H,2,5-7,9,13-15,17,19-21H2,(H,33,38)(H,34,39)(H,40,41)/t24-,26-/m0/s1. The molecule has 11 nitrogen and oxygen atoms in total. The molecule has 3 aromatic rings. The first kappa shape index (κ1) is 30.2. The van der Waals surface area contributed by atoms with Crippen LogP contribution in [-0.2, 0) is 22.7 Å². The molecule has 0 radical (unpaired) electrons. The number of carboxylic acids is 1. The molecule has 2 amide bonds. The Hall–Kier alpha value is -4.25. The highest BCUT2D eigenvalue weighted by Crippen LogP contribution is 2.28. The maximum absolute atomic E-state index is 13.3. The Bertz CT molecular complexity index is 1390. The van der Waals surface area contributed by atoms with Gasteiger partial charge in [-0.2, -0.15) is 4.98 Å². The summed E-state index contributed by atoms with van der Waals surface area (Å²) in [7, 11) is 0. The fraction of sp³-hybridized carbons (Fsp3) is 0.469. The van der Waals surface area contributed by atoms with Crippen molar-refractivity contribution in [2.75, 3.05) is 11.9 Å². The highest BCUT2D eigenvalue weighted by atomic mass is 16.5. The molecule has 5 rings (SSSR count). The van der Waals surface area contributed by atoms with Gasteiger partial charge in [-0.25, -0.2) is 9.48 Å². The number of ether oxygens (including phenoxy) is 2. The highest BCUT2D eigenvalue weighted by Gasteiger charge is 2.29. The number of rotatable bonds is 12. The van der Waals surface area contributed by atoms with E-state index in [1.54, 1.807) is 18.2 Å². The number of para-hydroxylation sites is 2. The second kappa shape index (κ2) is 14.8. The van der Waals surface area contributed by atoms with Gasteiger partial charge >= 0.3 is 5.97 Å². The fourth-order valence-electron chi connectivity index (χ4n) is 5.77. The number of carboxylic acid groups (broad SMARTS) is 1. The monoisotopic (exact) mass is 589 g/mol. The molecular formula is C32H39N5O6. The number of hydrogen-bond donors (Lipinski definition) is 3. The molecule has 0 saturated heterocycles. The number of aromatic nitrogens is 3. The average molecular weight is 590 g/mol. The van der Waals surface area contributed by atoms with Crippen molar-refractivity contribution >= 4 is 23.5 Å². The van der Waals surface area contributed by atoms with Crippen LogP contribution in [0.4, 0.5) is 5.69 Å². The number of benzene rings is 2. The van der Waals surface area contributed by atoms with Gasteiger partial charge in [-0.15, -0.1) is 5.10 Å². The van der Waals surface area contributed by atoms with Crippen LogP contribution in [0.5, 0.6) is 5.75 Å². The number of anilines is 1. The zero-order valence-electron chi connectivity index (χ0n) is 24.2. The van der Waals surface area contributed by atoms with Crippen LogP contribution in [-0.4, -0.2) is 56.4 Å². The van der Waals surface area contributed by atoms with Crippen molar-refractivity contribution in [3.63, 3.8) is 0 Å². The lowest BCUT2D eigenvalue weighted by Gasteiger charge is -2.32. The minimum absolute atomic E-state index is 0.156. The Kier molecular flexibility index (Phi) is 10.4. The predicted octanol–water partition coefficient (Wildman–Crippen LogP) is 4.83. The maximum Gasteiger partial charge on any atom is 0.375 e. The second-order valence-corrected chi connectivity index (χ2v) is 11.3. The van der Waals surface area contributed by atoms with Gasteiger partial charge in [0.15, 0.2) is 0 Å². The zero-order chi connectivity index (χ0) is 30.0. The van der Waals surface area contributed by atoms with Crippen LogP contribution in [0.15, 0.2) is 54.6 Å². The number of hydrogen-bond acceptors (Lipinski definition) is 7. The Morgan fingerprint density at radius 3 is 2.42 bits per heavy atom. The van der Waals surface area contributed by atoms with E-state index in [4.69, 9.17) is 9.47 Å². The van der Waals surface area contributed by atoms with Gasteiger partial charge in [-0.1, -0.05) is 74.6 Å². The summed E-state index contributed by atoms with van der Waals surface area (Å²) in [4.78, 5) is 42.1. The molecule has 2 atom stereocenters. The van der Waals surface area contributed by atoms with E-state index in [0.29, 0.717) is 30.6 Å². The summed E-state index contributed by atoms with van der Waals surface area (Å²) in [6, 6.07) is 16.7. The molecule has 2 fully saturated rings. The van der Waals surface area contributed by atoms with Crippen LogP contribution >= 0.6 is 0 Å². The third kappa shape index (κ3) is 8.41. The summed E-state index contributed by atoms with van der Waals surface area (Å²) in [6.07, 6.45) is 9.28. The molecule has 228 valence electrons. The molecule has 11 heteroatoms. The van der Waals surface area contributed by atoms with Crippen molar-refractivity contribution in [1.82, 2.24) is 20.1 Å². The number of nitrogens with zero attached hydrogens (tertiary/aromatic N) is 3. The van der Waals surface area contributed by atoms with E-state index in [-0.39, 0.29) is 24.5 Å². The first-order valence-corrected chi connectivity index (χ1v) is 15.1. The largest absolute Gasteiger partial charge is 0.491 e. The maximum atomic E-state index is 13.3. The molecule has 0 spiro atoms. The Morgan fingerprint density at radius 1 is 0.907 bits per heavy atom. The molecule has 1 heterocycles. The van der Waals surface area contributed by atoms with Crippen molar-refractivity contribution in [2.45, 2.75) is 83.1 Å². The minimum Gasteiger partial charge on any atom is -0.491 e. The fourth-order valence-corrected chi connectivity index (χ4v) is 5.77. The molecule has 0 bridgehead atoms. The zero-order valence-corrected chi connectivity index (χ0v) is 24.2. The van der Waals surface area contributed by atoms with Crippen LogP contribution in [0.2, 0.25) is 0 Å². The summed E-state index contributed by atoms with van der Waals surface area (Å²) < 4.78 is 13.3. The van der Waals surface area contributed by atoms with Crippen molar-refractivity contribution in [1.29, 1.82) is 0 Å². The molecule has 0 aliphatic heterocycles. The SMILES string of the molecule is O=C(Cn1nc(C(=O)O)nc1C(=O)Nc1ccccc1OCC1CCCCC1)N[C@H]1CCCC[C@@H]1OCc1ccccc1. The van der Waals surface area contributed by atoms with E-state index in [9.17, 15) is 19.5 Å². The van der Waals surface area contributed by atoms with Crippen molar-refractivity contribution in [3.05, 3.63) is 71.8 Å². The third-order valence-corrected chi connectivity index (χ3v) is 8.05. The van der Waals surface area contributed by atoms with E-state index in [1.807, 2.05) is 36.4 Å². The molecule has 0 unspecified atom stereocenters. The second-order valence-electron chi connectivity index (χ2n) is 11.3. The smallest absolute Gasteiger partial charge is 0.375 e. The van der Waals surface area contributed by atoms with Gasteiger partial charge in [0, 0.05) is 0 Å². The summed E-state index contributed by atoms with van der Waals surface area (Å²) in [5, 5.41) is 19.2. The van der Waals surface area contributed by atoms with E-state index in [1.165, 1.54) is 19.3 Å². The topological polar surface area (TPSA) is 145 Å². The van der Waals surface area contributed by atoms with Gasteiger partial charge in [0.05, 0.1) is 31.0 Å². The summed E-state index contributed by atoms with van der Waals surface area (Å²) >= 11 is 0. The van der Waals surface area contributed by atoms with Gasteiger partial charge < -0.3 is 25.2 Å². The third-order valence-electron chi connectivity index (χ3n) is 8.05. The van der Waals surface area contributed by atoms with Crippen molar-refractivity contribution < 1.29 is 29.0 Å². The van der Waals surface area contributed by atoms with Gasteiger partial charge in [0.1, 0.15) is 12.3 Å². The lowest BCUT2D eigenvalue weighted by molar-refractivity contribution is -0.124. The Labute approximate surface area is 251 Å². The Morgan fingerprint density at radius 2 is 1.63 bits per heavy atom. The first-order chi connectivity index (χ1) is 21.0. The van der Waals surface area contributed by atoms with Crippen molar-refractivity contribution in [2.24, 2.45) is 5.92 Å². The molecule has 2 saturated carbocycles. The molecule has 2 aromatic carbocycles. The quantitative estimate of drug-likeness (QED) is 0.272. The molecule has 2 aliphatic rings. The number of carbonyl (C=O) groups excluding carboxylic acids is 2. The number of nitrogens with one attached hydrogen (secondary N) is 2. The van der Waals surface area contributed by atoms with E-state index < -0.39 is 23.6 Å². The van der Waals surface area contributed by atoms with Crippen LogP contribution in [0.25, 0.3) is 0 Å². The van der Waals surface area contributed by atoms with Crippen LogP contribution < -0.4 is 15.4 Å². The molecule has 43 heavy (non-hydrogen) atoms. The minimum atomic E-state index is -1.40. The molecule has 2 aliphatic carbocycles. The lowest BCUT2D eigenvalue weighted by atomic mass is 9.90. The van der Waals surface area contributed by atoms with Crippen molar-refractivity contribution in [3.8, 4) is 5.75 Å². The summed E-state index contributed by atoms with van der Waals surface area (Å²) in [5.74, 6) is -2.36. The van der Waals surface area contributed by atoms with Crippen LogP contribution in [0.3, 0.4) is 0 Å². The predicted molar refractivity (Wildman–Crippen MR) is 159 cm³/mol. The van der Waals surface area contributed by atoms with Crippen LogP contribution in [0, 0.1) is 5.92 Å². The van der Waals surface area contributed by atoms with E-state index in [0.717, 1.165) is 48.8 Å². The number of carbonyl (C=O) groups is 3. The van der Waals surface area contributed by atoms with Gasteiger partial charge in [0.25, 0.3) is 11.7 Å².